The molecule has 4 rings (SSSR count). The van der Waals surface area contributed by atoms with E-state index in [4.69, 9.17) is 5.11 Å². The van der Waals surface area contributed by atoms with Gasteiger partial charge in [-0.25, -0.2) is 18.2 Å². The number of alkyl halides is 2. The van der Waals surface area contributed by atoms with Gasteiger partial charge in [-0.3, -0.25) is 9.78 Å². The van der Waals surface area contributed by atoms with Gasteiger partial charge in [0.25, 0.3) is 11.8 Å². The van der Waals surface area contributed by atoms with Crippen LogP contribution in [0.25, 0.3) is 10.7 Å². The molecule has 3 N–H and O–H groups in total. The molecule has 174 valence electrons. The molecule has 3 aromatic heterocycles. The molecule has 0 spiro atoms. The Morgan fingerprint density at radius 3 is 2.67 bits per heavy atom. The van der Waals surface area contributed by atoms with E-state index in [1.165, 1.54) is 12.3 Å². The molecule has 0 radical (unpaired) electrons. The molecule has 1 aliphatic rings. The molecule has 0 aromatic carbocycles. The molecule has 0 atom stereocenters. The van der Waals surface area contributed by atoms with E-state index in [0.717, 1.165) is 30.6 Å². The van der Waals surface area contributed by atoms with Crippen molar-refractivity contribution in [3.05, 3.63) is 53.0 Å². The van der Waals surface area contributed by atoms with Gasteiger partial charge in [0.05, 0.1) is 18.4 Å². The minimum Gasteiger partial charge on any atom is -0.390 e. The third kappa shape index (κ3) is 5.11. The van der Waals surface area contributed by atoms with E-state index in [1.54, 1.807) is 24.4 Å². The SMILES string of the molecule is O=C(NCC(F)(F)CO)c1cnc(-c2ccc(NCC3(c4ncccc4F)CCC3)nn2)s1. The summed E-state index contributed by atoms with van der Waals surface area (Å²) >= 11 is 0.984. The first-order valence-corrected chi connectivity index (χ1v) is 11.1. The van der Waals surface area contributed by atoms with Crippen molar-refractivity contribution >= 4 is 23.1 Å². The lowest BCUT2D eigenvalue weighted by Crippen LogP contribution is -2.42. The van der Waals surface area contributed by atoms with Crippen molar-refractivity contribution in [2.24, 2.45) is 0 Å². The van der Waals surface area contributed by atoms with Gasteiger partial charge < -0.3 is 15.7 Å². The van der Waals surface area contributed by atoms with Crippen molar-refractivity contribution in [1.29, 1.82) is 0 Å². The quantitative estimate of drug-likeness (QED) is 0.433. The van der Waals surface area contributed by atoms with Gasteiger partial charge in [-0.1, -0.05) is 6.42 Å². The number of hydrogen-bond donors (Lipinski definition) is 3. The fourth-order valence-corrected chi connectivity index (χ4v) is 4.32. The second kappa shape index (κ2) is 9.40. The summed E-state index contributed by atoms with van der Waals surface area (Å²) in [5.41, 5.74) is 0.494. The number of aromatic nitrogens is 4. The number of halogens is 3. The number of thiazole rings is 1. The number of rotatable bonds is 9. The van der Waals surface area contributed by atoms with E-state index >= 15 is 0 Å². The van der Waals surface area contributed by atoms with Crippen molar-refractivity contribution in [1.82, 2.24) is 25.5 Å². The first kappa shape index (κ1) is 23.1. The standard InChI is InChI=1S/C21H21F3N6O2S/c22-13-3-1-8-25-17(13)20(6-2-7-20)10-27-16-5-4-14(29-30-16)19-26-9-15(33-19)18(32)28-11-21(23,24)12-31/h1,3-5,8-9,31H,2,6-7,10-12H2,(H,27,30)(H,28,32). The van der Waals surface area contributed by atoms with Crippen LogP contribution in [0.5, 0.6) is 0 Å². The number of anilines is 1. The number of hydrogen-bond acceptors (Lipinski definition) is 8. The molecule has 0 aliphatic heterocycles. The first-order valence-electron chi connectivity index (χ1n) is 10.2. The van der Waals surface area contributed by atoms with Gasteiger partial charge in [-0.15, -0.1) is 21.5 Å². The van der Waals surface area contributed by atoms with Gasteiger partial charge in [-0.2, -0.15) is 0 Å². The van der Waals surface area contributed by atoms with Gasteiger partial charge in [-0.05, 0) is 37.1 Å². The van der Waals surface area contributed by atoms with Gasteiger partial charge >= 0.3 is 0 Å². The lowest BCUT2D eigenvalue weighted by atomic mass is 9.66. The van der Waals surface area contributed by atoms with Crippen LogP contribution in [0.4, 0.5) is 19.0 Å². The van der Waals surface area contributed by atoms with E-state index in [9.17, 15) is 18.0 Å². The minimum atomic E-state index is -3.39. The van der Waals surface area contributed by atoms with Crippen LogP contribution in [0, 0.1) is 5.82 Å². The second-order valence-corrected chi connectivity index (χ2v) is 8.88. The van der Waals surface area contributed by atoms with E-state index in [0.29, 0.717) is 28.8 Å². The molecule has 1 fully saturated rings. The molecule has 3 aromatic rings. The number of nitrogens with zero attached hydrogens (tertiary/aromatic N) is 4. The molecular formula is C21H21F3N6O2S. The number of pyridine rings is 1. The smallest absolute Gasteiger partial charge is 0.287 e. The van der Waals surface area contributed by atoms with Crippen LogP contribution in [0.3, 0.4) is 0 Å². The van der Waals surface area contributed by atoms with Crippen molar-refractivity contribution in [3.63, 3.8) is 0 Å². The summed E-state index contributed by atoms with van der Waals surface area (Å²) in [6, 6.07) is 6.36. The van der Waals surface area contributed by atoms with Gasteiger partial charge in [0, 0.05) is 18.2 Å². The highest BCUT2D eigenvalue weighted by atomic mass is 32.1. The van der Waals surface area contributed by atoms with E-state index in [-0.39, 0.29) is 16.1 Å². The highest BCUT2D eigenvalue weighted by Crippen LogP contribution is 2.43. The van der Waals surface area contributed by atoms with Gasteiger partial charge in [0.2, 0.25) is 0 Å². The van der Waals surface area contributed by atoms with Crippen molar-refractivity contribution in [3.8, 4) is 10.7 Å². The Morgan fingerprint density at radius 2 is 2.03 bits per heavy atom. The van der Waals surface area contributed by atoms with Crippen LogP contribution in [-0.4, -0.2) is 56.8 Å². The third-order valence-corrected chi connectivity index (χ3v) is 6.55. The van der Waals surface area contributed by atoms with Crippen LogP contribution in [-0.2, 0) is 5.41 Å². The molecule has 0 bridgehead atoms. The molecule has 0 unspecified atom stereocenters. The Morgan fingerprint density at radius 1 is 1.21 bits per heavy atom. The van der Waals surface area contributed by atoms with E-state index in [2.05, 4.69) is 30.8 Å². The lowest BCUT2D eigenvalue weighted by molar-refractivity contribution is -0.0461. The average Bonchev–Trinajstić information content (AvgIpc) is 3.29. The van der Waals surface area contributed by atoms with Crippen LogP contribution >= 0.6 is 11.3 Å². The Balaban J connectivity index is 1.38. The minimum absolute atomic E-state index is 0.132. The summed E-state index contributed by atoms with van der Waals surface area (Å²) in [5, 5.41) is 22.5. The Hall–Kier alpha value is -3.12. The predicted molar refractivity (Wildman–Crippen MR) is 116 cm³/mol. The summed E-state index contributed by atoms with van der Waals surface area (Å²) in [6.07, 6.45) is 5.51. The van der Waals surface area contributed by atoms with Gasteiger partial charge in [0.1, 0.15) is 33.8 Å². The summed E-state index contributed by atoms with van der Waals surface area (Å²) in [6.45, 7) is -1.86. The van der Waals surface area contributed by atoms with Crippen molar-refractivity contribution in [2.75, 3.05) is 25.0 Å². The Bertz CT molecular complexity index is 1120. The van der Waals surface area contributed by atoms with E-state index < -0.39 is 25.0 Å². The molecule has 3 heterocycles. The molecular weight excluding hydrogens is 457 g/mol. The Kier molecular flexibility index (Phi) is 6.56. The highest BCUT2D eigenvalue weighted by molar-refractivity contribution is 7.16. The molecule has 1 aliphatic carbocycles. The normalized spacial score (nSPS) is 15.0. The maximum atomic E-state index is 14.3. The number of carbonyl (C=O) groups excluding carboxylic acids is 1. The van der Waals surface area contributed by atoms with Crippen molar-refractivity contribution in [2.45, 2.75) is 30.6 Å². The zero-order valence-corrected chi connectivity index (χ0v) is 18.2. The topological polar surface area (TPSA) is 113 Å². The van der Waals surface area contributed by atoms with Crippen LogP contribution < -0.4 is 10.6 Å². The Labute approximate surface area is 191 Å². The average molecular weight is 479 g/mol. The van der Waals surface area contributed by atoms with Crippen LogP contribution in [0.2, 0.25) is 0 Å². The number of amides is 1. The molecule has 12 heteroatoms. The molecule has 1 saturated carbocycles. The highest BCUT2D eigenvalue weighted by Gasteiger charge is 2.41. The molecule has 0 saturated heterocycles. The van der Waals surface area contributed by atoms with Crippen LogP contribution in [0.15, 0.2) is 36.7 Å². The summed E-state index contributed by atoms with van der Waals surface area (Å²) in [5.74, 6) is -3.92. The summed E-state index contributed by atoms with van der Waals surface area (Å²) in [4.78, 5) is 20.5. The second-order valence-electron chi connectivity index (χ2n) is 7.85. The summed E-state index contributed by atoms with van der Waals surface area (Å²) < 4.78 is 40.4. The van der Waals surface area contributed by atoms with Crippen LogP contribution in [0.1, 0.15) is 34.6 Å². The fourth-order valence-electron chi connectivity index (χ4n) is 3.53. The van der Waals surface area contributed by atoms with E-state index in [1.807, 2.05) is 0 Å². The maximum Gasteiger partial charge on any atom is 0.287 e. The zero-order valence-electron chi connectivity index (χ0n) is 17.4. The first-order chi connectivity index (χ1) is 15.8. The predicted octanol–water partition coefficient (Wildman–Crippen LogP) is 3.03. The third-order valence-electron chi connectivity index (χ3n) is 5.53. The summed E-state index contributed by atoms with van der Waals surface area (Å²) in [7, 11) is 0. The van der Waals surface area contributed by atoms with Gasteiger partial charge in [0.15, 0.2) is 0 Å². The lowest BCUT2D eigenvalue weighted by Gasteiger charge is -2.41. The maximum absolute atomic E-state index is 14.3. The molecule has 33 heavy (non-hydrogen) atoms. The largest absolute Gasteiger partial charge is 0.390 e. The number of carbonyl (C=O) groups is 1. The number of nitrogens with one attached hydrogen (secondary N) is 2. The fraction of sp³-hybridized carbons (Fsp3) is 0.381. The molecule has 1 amide bonds. The molecule has 8 nitrogen and oxygen atoms in total. The number of aliphatic hydroxyl groups excluding tert-OH is 1. The zero-order chi connectivity index (χ0) is 23.5. The monoisotopic (exact) mass is 478 g/mol. The number of aliphatic hydroxyl groups is 1. The van der Waals surface area contributed by atoms with Crippen molar-refractivity contribution < 1.29 is 23.1 Å².